The van der Waals surface area contributed by atoms with Crippen LogP contribution < -0.4 is 0 Å². The summed E-state index contributed by atoms with van der Waals surface area (Å²) in [4.78, 5) is 17.7. The van der Waals surface area contributed by atoms with Crippen LogP contribution in [0.3, 0.4) is 0 Å². The summed E-state index contributed by atoms with van der Waals surface area (Å²) in [6.45, 7) is 5.85. The molecule has 1 N–H and O–H groups in total. The van der Waals surface area contributed by atoms with Crippen molar-refractivity contribution in [3.63, 3.8) is 0 Å². The van der Waals surface area contributed by atoms with Gasteiger partial charge in [-0.15, -0.1) is 0 Å². The fourth-order valence-corrected chi connectivity index (χ4v) is 2.01. The first kappa shape index (κ1) is 10.9. The molecule has 0 bridgehead atoms. The number of aromatic hydroxyl groups is 1. The SMILES string of the molecule is CC1(C)CCN(C(=O)c2cncc(O)c2)C1. The Labute approximate surface area is 94.9 Å². The van der Waals surface area contributed by atoms with Crippen LogP contribution in [0.5, 0.6) is 5.75 Å². The van der Waals surface area contributed by atoms with Gasteiger partial charge < -0.3 is 10.0 Å². The van der Waals surface area contributed by atoms with Crippen LogP contribution in [0.15, 0.2) is 18.5 Å². The van der Waals surface area contributed by atoms with Gasteiger partial charge in [-0.1, -0.05) is 13.8 Å². The average Bonchev–Trinajstić information content (AvgIpc) is 2.58. The Morgan fingerprint density at radius 1 is 1.50 bits per heavy atom. The van der Waals surface area contributed by atoms with Gasteiger partial charge in [0.1, 0.15) is 5.75 Å². The summed E-state index contributed by atoms with van der Waals surface area (Å²) in [5, 5.41) is 9.27. The van der Waals surface area contributed by atoms with Crippen LogP contribution in [0.25, 0.3) is 0 Å². The molecule has 4 nitrogen and oxygen atoms in total. The van der Waals surface area contributed by atoms with E-state index < -0.39 is 0 Å². The molecule has 2 heterocycles. The Kier molecular flexibility index (Phi) is 2.58. The number of nitrogens with zero attached hydrogens (tertiary/aromatic N) is 2. The lowest BCUT2D eigenvalue weighted by Crippen LogP contribution is -2.30. The summed E-state index contributed by atoms with van der Waals surface area (Å²) < 4.78 is 0. The lowest BCUT2D eigenvalue weighted by Gasteiger charge is -2.19. The van der Waals surface area contributed by atoms with Gasteiger partial charge in [0.05, 0.1) is 11.8 Å². The van der Waals surface area contributed by atoms with Crippen molar-refractivity contribution in [2.75, 3.05) is 13.1 Å². The topological polar surface area (TPSA) is 53.4 Å². The molecule has 1 aliphatic rings. The highest BCUT2D eigenvalue weighted by atomic mass is 16.3. The van der Waals surface area contributed by atoms with Gasteiger partial charge in [-0.25, -0.2) is 0 Å². The van der Waals surface area contributed by atoms with Gasteiger partial charge in [-0.05, 0) is 17.9 Å². The number of carbonyl (C=O) groups excluding carboxylic acids is 1. The molecule has 1 saturated heterocycles. The average molecular weight is 220 g/mol. The monoisotopic (exact) mass is 220 g/mol. The number of hydrogen-bond donors (Lipinski definition) is 1. The zero-order valence-electron chi connectivity index (χ0n) is 9.60. The van der Waals surface area contributed by atoms with Crippen molar-refractivity contribution < 1.29 is 9.90 Å². The van der Waals surface area contributed by atoms with E-state index in [1.54, 1.807) is 0 Å². The molecule has 1 aliphatic heterocycles. The maximum atomic E-state index is 12.1. The van der Waals surface area contributed by atoms with Crippen molar-refractivity contribution in [3.8, 4) is 5.75 Å². The zero-order valence-corrected chi connectivity index (χ0v) is 9.60. The summed E-state index contributed by atoms with van der Waals surface area (Å²) >= 11 is 0. The number of carbonyl (C=O) groups is 1. The van der Waals surface area contributed by atoms with Crippen LogP contribution in [-0.4, -0.2) is 34.0 Å². The van der Waals surface area contributed by atoms with Crippen molar-refractivity contribution in [2.45, 2.75) is 20.3 Å². The van der Waals surface area contributed by atoms with Gasteiger partial charge in [-0.2, -0.15) is 0 Å². The van der Waals surface area contributed by atoms with Crippen LogP contribution in [0, 0.1) is 5.41 Å². The van der Waals surface area contributed by atoms with Crippen LogP contribution in [-0.2, 0) is 0 Å². The van der Waals surface area contributed by atoms with Crippen molar-refractivity contribution in [3.05, 3.63) is 24.0 Å². The third-order valence-corrected chi connectivity index (χ3v) is 2.94. The summed E-state index contributed by atoms with van der Waals surface area (Å²) in [6, 6.07) is 1.46. The molecule has 0 spiro atoms. The minimum atomic E-state index is -0.0472. The molecule has 0 saturated carbocycles. The minimum Gasteiger partial charge on any atom is -0.506 e. The fraction of sp³-hybridized carbons (Fsp3) is 0.500. The Hall–Kier alpha value is -1.58. The van der Waals surface area contributed by atoms with Gasteiger partial charge >= 0.3 is 0 Å². The summed E-state index contributed by atoms with van der Waals surface area (Å²) in [6.07, 6.45) is 3.84. The highest BCUT2D eigenvalue weighted by molar-refractivity contribution is 5.94. The van der Waals surface area contributed by atoms with Gasteiger partial charge in [-0.3, -0.25) is 9.78 Å². The number of hydrogen-bond acceptors (Lipinski definition) is 3. The summed E-state index contributed by atoms with van der Waals surface area (Å²) in [5.41, 5.74) is 0.651. The number of likely N-dealkylation sites (tertiary alicyclic amines) is 1. The lowest BCUT2D eigenvalue weighted by molar-refractivity contribution is 0.0777. The Balaban J connectivity index is 2.15. The Morgan fingerprint density at radius 2 is 2.25 bits per heavy atom. The zero-order chi connectivity index (χ0) is 11.8. The van der Waals surface area contributed by atoms with E-state index in [-0.39, 0.29) is 17.1 Å². The molecular formula is C12H16N2O2. The molecule has 0 aromatic carbocycles. The number of pyridine rings is 1. The Morgan fingerprint density at radius 3 is 2.81 bits per heavy atom. The van der Waals surface area contributed by atoms with E-state index in [9.17, 15) is 9.90 Å². The fourth-order valence-electron chi connectivity index (χ4n) is 2.01. The van der Waals surface area contributed by atoms with Crippen LogP contribution in [0.4, 0.5) is 0 Å². The van der Waals surface area contributed by atoms with Crippen LogP contribution >= 0.6 is 0 Å². The van der Waals surface area contributed by atoms with E-state index in [1.165, 1.54) is 18.5 Å². The second-order valence-corrected chi connectivity index (χ2v) is 5.07. The van der Waals surface area contributed by atoms with Crippen LogP contribution in [0.2, 0.25) is 0 Å². The Bertz CT molecular complexity index is 415. The second-order valence-electron chi connectivity index (χ2n) is 5.07. The van der Waals surface area contributed by atoms with Crippen molar-refractivity contribution in [1.29, 1.82) is 0 Å². The molecule has 86 valence electrons. The minimum absolute atomic E-state index is 0.0318. The van der Waals surface area contributed by atoms with Crippen molar-refractivity contribution in [1.82, 2.24) is 9.88 Å². The predicted molar refractivity (Wildman–Crippen MR) is 60.2 cm³/mol. The van der Waals surface area contributed by atoms with Crippen molar-refractivity contribution >= 4 is 5.91 Å². The van der Waals surface area contributed by atoms with Crippen molar-refractivity contribution in [2.24, 2.45) is 5.41 Å². The first-order valence-electron chi connectivity index (χ1n) is 5.41. The molecule has 0 radical (unpaired) electrons. The third kappa shape index (κ3) is 2.15. The second kappa shape index (κ2) is 3.77. The molecule has 1 aromatic heterocycles. The molecule has 1 aromatic rings. The third-order valence-electron chi connectivity index (χ3n) is 2.94. The number of rotatable bonds is 1. The van der Waals surface area contributed by atoms with E-state index in [0.717, 1.165) is 19.5 Å². The standard InChI is InChI=1S/C12H16N2O2/c1-12(2)3-4-14(8-12)11(16)9-5-10(15)7-13-6-9/h5-7,15H,3-4,8H2,1-2H3. The summed E-state index contributed by atoms with van der Waals surface area (Å²) in [5.74, 6) is -0.0155. The summed E-state index contributed by atoms with van der Waals surface area (Å²) in [7, 11) is 0. The smallest absolute Gasteiger partial charge is 0.255 e. The largest absolute Gasteiger partial charge is 0.506 e. The maximum Gasteiger partial charge on any atom is 0.255 e. The van der Waals surface area contributed by atoms with E-state index in [2.05, 4.69) is 18.8 Å². The molecule has 1 amide bonds. The van der Waals surface area contributed by atoms with E-state index in [4.69, 9.17) is 0 Å². The quantitative estimate of drug-likeness (QED) is 0.783. The normalized spacial score (nSPS) is 18.8. The van der Waals surface area contributed by atoms with Gasteiger partial charge in [0.15, 0.2) is 0 Å². The molecule has 16 heavy (non-hydrogen) atoms. The highest BCUT2D eigenvalue weighted by Crippen LogP contribution is 2.29. The number of aromatic nitrogens is 1. The molecule has 0 atom stereocenters. The van der Waals surface area contributed by atoms with Gasteiger partial charge in [0, 0.05) is 19.3 Å². The molecule has 0 aliphatic carbocycles. The van der Waals surface area contributed by atoms with E-state index in [1.807, 2.05) is 4.90 Å². The molecule has 4 heteroatoms. The molecule has 2 rings (SSSR count). The maximum absolute atomic E-state index is 12.1. The van der Waals surface area contributed by atoms with Gasteiger partial charge in [0.2, 0.25) is 0 Å². The molecular weight excluding hydrogens is 204 g/mol. The lowest BCUT2D eigenvalue weighted by atomic mass is 9.93. The molecule has 1 fully saturated rings. The number of amides is 1. The van der Waals surface area contributed by atoms with Gasteiger partial charge in [0.25, 0.3) is 5.91 Å². The predicted octanol–water partition coefficient (Wildman–Crippen LogP) is 1.66. The van der Waals surface area contributed by atoms with E-state index >= 15 is 0 Å². The first-order valence-corrected chi connectivity index (χ1v) is 5.41. The first-order chi connectivity index (χ1) is 7.48. The highest BCUT2D eigenvalue weighted by Gasteiger charge is 2.32. The molecule has 0 unspecified atom stereocenters. The van der Waals surface area contributed by atoms with E-state index in [0.29, 0.717) is 5.56 Å². The van der Waals surface area contributed by atoms with Crippen LogP contribution in [0.1, 0.15) is 30.6 Å².